The first kappa shape index (κ1) is 35.2. The van der Waals surface area contributed by atoms with Crippen molar-refractivity contribution in [2.24, 2.45) is 4.99 Å². The van der Waals surface area contributed by atoms with Gasteiger partial charge in [-0.15, -0.1) is 0 Å². The predicted octanol–water partition coefficient (Wildman–Crippen LogP) is 7.69. The normalized spacial score (nSPS) is 16.7. The van der Waals surface area contributed by atoms with E-state index in [9.17, 15) is 4.79 Å². The molecule has 10 heteroatoms. The Kier molecular flexibility index (Phi) is 11.9. The predicted molar refractivity (Wildman–Crippen MR) is 200 cm³/mol. The minimum Gasteiger partial charge on any atom is -0.497 e. The molecule has 5 aromatic rings. The van der Waals surface area contributed by atoms with Gasteiger partial charge < -0.3 is 19.3 Å². The van der Waals surface area contributed by atoms with E-state index in [4.69, 9.17) is 24.3 Å². The van der Waals surface area contributed by atoms with Crippen molar-refractivity contribution in [3.05, 3.63) is 154 Å². The van der Waals surface area contributed by atoms with Crippen molar-refractivity contribution < 1.29 is 24.1 Å². The fourth-order valence-corrected chi connectivity index (χ4v) is 7.10. The first-order chi connectivity index (χ1) is 24.5. The van der Waals surface area contributed by atoms with Gasteiger partial charge in [0.15, 0.2) is 11.6 Å². The molecule has 0 unspecified atom stereocenters. The number of carbonyl (C=O) groups is 1. The van der Waals surface area contributed by atoms with Crippen LogP contribution in [0.25, 0.3) is 0 Å². The van der Waals surface area contributed by atoms with E-state index in [1.165, 1.54) is 0 Å². The van der Waals surface area contributed by atoms with Gasteiger partial charge in [0.25, 0.3) is 5.91 Å². The van der Waals surface area contributed by atoms with Crippen LogP contribution >= 0.6 is 27.7 Å². The van der Waals surface area contributed by atoms with Crippen molar-refractivity contribution in [1.29, 1.82) is 0 Å². The average Bonchev–Trinajstić information content (AvgIpc) is 3.54. The lowest BCUT2D eigenvalue weighted by Crippen LogP contribution is -2.53. The molecule has 1 aliphatic rings. The Morgan fingerprint density at radius 1 is 0.900 bits per heavy atom. The number of aliphatic hydroxyl groups excluding tert-OH is 1. The molecule has 0 aliphatic carbocycles. The Labute approximate surface area is 305 Å². The van der Waals surface area contributed by atoms with E-state index in [2.05, 4.69) is 45.0 Å². The third kappa shape index (κ3) is 8.39. The second-order valence-corrected chi connectivity index (χ2v) is 13.6. The van der Waals surface area contributed by atoms with Crippen molar-refractivity contribution >= 4 is 39.5 Å². The number of nitrogens with one attached hydrogen (secondary N) is 2. The molecule has 0 saturated heterocycles. The Hall–Kier alpha value is -4.61. The zero-order chi connectivity index (χ0) is 34.8. The zero-order valence-electron chi connectivity index (χ0n) is 27.6. The van der Waals surface area contributed by atoms with Crippen molar-refractivity contribution in [2.45, 2.75) is 40.8 Å². The van der Waals surface area contributed by atoms with Gasteiger partial charge in [0, 0.05) is 45.8 Å². The van der Waals surface area contributed by atoms with Gasteiger partial charge in [0.05, 0.1) is 13.7 Å². The van der Waals surface area contributed by atoms with E-state index in [1.807, 2.05) is 109 Å². The molecule has 0 radical (unpaired) electrons. The van der Waals surface area contributed by atoms with Gasteiger partial charge in [-0.3, -0.25) is 10.2 Å². The first-order valence-electron chi connectivity index (χ1n) is 16.3. The minimum absolute atomic E-state index is 0.0596. The molecule has 256 valence electrons. The Balaban J connectivity index is 1.34. The molecule has 0 aromatic heterocycles. The van der Waals surface area contributed by atoms with Crippen LogP contribution in [0.3, 0.4) is 0 Å². The number of hydrogen-bond donors (Lipinski definition) is 3. The summed E-state index contributed by atoms with van der Waals surface area (Å²) in [6, 6.07) is 41.1. The second-order valence-electron chi connectivity index (χ2n) is 11.7. The number of aliphatic hydroxyl groups is 1. The second kappa shape index (κ2) is 16.9. The molecule has 8 nitrogen and oxygen atoms in total. The molecule has 3 N–H and O–H groups in total. The number of nitrogens with zero attached hydrogens (tertiary/aromatic N) is 1. The van der Waals surface area contributed by atoms with Crippen molar-refractivity contribution in [2.75, 3.05) is 20.3 Å². The van der Waals surface area contributed by atoms with Crippen molar-refractivity contribution in [3.8, 4) is 11.5 Å². The maximum absolute atomic E-state index is 14.7. The van der Waals surface area contributed by atoms with Crippen LogP contribution in [0.15, 0.2) is 147 Å². The van der Waals surface area contributed by atoms with Gasteiger partial charge in [-0.2, -0.15) is 0 Å². The number of methoxy groups -OCH3 is 1. The Bertz CT molecular complexity index is 1920. The van der Waals surface area contributed by atoms with Crippen LogP contribution in [0, 0.1) is 0 Å². The summed E-state index contributed by atoms with van der Waals surface area (Å²) in [5.41, 5.74) is 8.20. The number of amides is 1. The number of hydrogen-bond acceptors (Lipinski definition) is 8. The minimum atomic E-state index is -1.41. The number of benzene rings is 5. The number of rotatable bonds is 15. The molecule has 6 rings (SSSR count). The van der Waals surface area contributed by atoms with E-state index in [0.29, 0.717) is 42.5 Å². The van der Waals surface area contributed by atoms with E-state index in [0.717, 1.165) is 31.0 Å². The molecule has 0 bridgehead atoms. The highest BCUT2D eigenvalue weighted by molar-refractivity contribution is 9.10. The molecular weight excluding hydrogens is 714 g/mol. The summed E-state index contributed by atoms with van der Waals surface area (Å²) in [5.74, 6) is 1.31. The SMILES string of the molecule is COc1cccc([C@@H]2OC(c3ccc(OCCCO)cc3)=N[C@]2(Cc2ccccc2Br)C(=O)NNCc2ccccc2Sc2ccccc2)c1. The lowest BCUT2D eigenvalue weighted by Gasteiger charge is -2.31. The largest absolute Gasteiger partial charge is 0.497 e. The summed E-state index contributed by atoms with van der Waals surface area (Å²) in [7, 11) is 1.61. The van der Waals surface area contributed by atoms with Crippen LogP contribution < -0.4 is 20.3 Å². The van der Waals surface area contributed by atoms with Crippen molar-refractivity contribution in [3.63, 3.8) is 0 Å². The van der Waals surface area contributed by atoms with E-state index in [1.54, 1.807) is 18.9 Å². The highest BCUT2D eigenvalue weighted by Crippen LogP contribution is 2.44. The topological polar surface area (TPSA) is 101 Å². The summed E-state index contributed by atoms with van der Waals surface area (Å²) < 4.78 is 18.9. The monoisotopic (exact) mass is 751 g/mol. The van der Waals surface area contributed by atoms with E-state index in [-0.39, 0.29) is 18.9 Å². The summed E-state index contributed by atoms with van der Waals surface area (Å²) in [6.45, 7) is 0.860. The van der Waals surface area contributed by atoms with Gasteiger partial charge in [0.1, 0.15) is 11.5 Å². The summed E-state index contributed by atoms with van der Waals surface area (Å²) >= 11 is 5.37. The van der Waals surface area contributed by atoms with E-state index < -0.39 is 11.6 Å². The molecule has 0 fully saturated rings. The molecule has 1 heterocycles. The number of halogens is 1. The third-order valence-electron chi connectivity index (χ3n) is 8.27. The maximum atomic E-state index is 14.7. The number of ether oxygens (including phenoxy) is 3. The summed E-state index contributed by atoms with van der Waals surface area (Å²) in [4.78, 5) is 22.1. The summed E-state index contributed by atoms with van der Waals surface area (Å²) in [6.07, 6.45) is -0.00320. The quantitative estimate of drug-likeness (QED) is 0.0745. The highest BCUT2D eigenvalue weighted by Gasteiger charge is 2.53. The maximum Gasteiger partial charge on any atom is 0.266 e. The lowest BCUT2D eigenvalue weighted by atomic mass is 9.82. The fourth-order valence-electron chi connectivity index (χ4n) is 5.71. The summed E-state index contributed by atoms with van der Waals surface area (Å²) in [5, 5.41) is 9.12. The van der Waals surface area contributed by atoms with Gasteiger partial charge in [-0.25, -0.2) is 10.4 Å². The van der Waals surface area contributed by atoms with Gasteiger partial charge in [0.2, 0.25) is 5.90 Å². The van der Waals surface area contributed by atoms with Crippen LogP contribution in [-0.2, 0) is 22.5 Å². The Morgan fingerprint density at radius 2 is 1.64 bits per heavy atom. The van der Waals surface area contributed by atoms with Gasteiger partial charge in [-0.1, -0.05) is 94.4 Å². The first-order valence-corrected chi connectivity index (χ1v) is 17.9. The smallest absolute Gasteiger partial charge is 0.266 e. The molecule has 1 aliphatic heterocycles. The fraction of sp³-hybridized carbons (Fsp3) is 0.200. The molecule has 2 atom stereocenters. The molecule has 1 amide bonds. The van der Waals surface area contributed by atoms with Crippen LogP contribution in [-0.4, -0.2) is 42.8 Å². The average molecular weight is 753 g/mol. The lowest BCUT2D eigenvalue weighted by molar-refractivity contribution is -0.130. The molecule has 5 aromatic carbocycles. The number of hydrazine groups is 1. The molecule has 50 heavy (non-hydrogen) atoms. The standard InChI is InChI=1S/C40H38BrN3O5S/c1-47-33-14-9-13-29(25-33)37-40(26-30-11-5-7-17-35(30)41,43-38(49-37)28-19-21-32(22-20-28)48-24-10-23-45)39(46)44-42-27-31-12-6-8-18-36(31)50-34-15-3-2-4-16-34/h2-9,11-22,25,37,42,45H,10,23-24,26-27H2,1H3,(H,44,46)/t37-,40-/m0/s1. The highest BCUT2D eigenvalue weighted by atomic mass is 79.9. The van der Waals surface area contributed by atoms with Crippen molar-refractivity contribution in [1.82, 2.24) is 10.9 Å². The number of carbonyl (C=O) groups excluding carboxylic acids is 1. The van der Waals surface area contributed by atoms with Gasteiger partial charge >= 0.3 is 0 Å². The van der Waals surface area contributed by atoms with E-state index >= 15 is 0 Å². The molecule has 0 spiro atoms. The molecular formula is C40H38BrN3O5S. The zero-order valence-corrected chi connectivity index (χ0v) is 30.0. The number of aliphatic imine (C=N–C) groups is 1. The van der Waals surface area contributed by atoms with Crippen LogP contribution in [0.2, 0.25) is 0 Å². The Morgan fingerprint density at radius 3 is 2.40 bits per heavy atom. The van der Waals surface area contributed by atoms with Gasteiger partial charge in [-0.05, 0) is 77.4 Å². The van der Waals surface area contributed by atoms with Crippen LogP contribution in [0.1, 0.15) is 34.8 Å². The third-order valence-corrected chi connectivity index (χ3v) is 10.2. The van der Waals surface area contributed by atoms with Crippen LogP contribution in [0.4, 0.5) is 0 Å². The van der Waals surface area contributed by atoms with Crippen LogP contribution in [0.5, 0.6) is 11.5 Å². The molecule has 0 saturated carbocycles.